The molecule has 12 heavy (non-hydrogen) atoms. The van der Waals surface area contributed by atoms with Crippen LogP contribution in [0, 0.1) is 0 Å². The predicted octanol–water partition coefficient (Wildman–Crippen LogP) is 1.08. The van der Waals surface area contributed by atoms with Gasteiger partial charge in [-0.2, -0.15) is 0 Å². The van der Waals surface area contributed by atoms with Crippen molar-refractivity contribution in [1.29, 1.82) is 0 Å². The number of aromatic amines is 1. The molecule has 4 heteroatoms. The highest BCUT2D eigenvalue weighted by atomic mass is 16.3. The molecule has 60 valence electrons. The monoisotopic (exact) mass is 162 g/mol. The first-order chi connectivity index (χ1) is 5.83. The second-order valence-corrected chi connectivity index (χ2v) is 2.42. The Labute approximate surface area is 67.9 Å². The lowest BCUT2D eigenvalue weighted by Gasteiger charge is -1.94. The minimum Gasteiger partial charge on any atom is -0.506 e. The Morgan fingerprint density at radius 2 is 2.33 bits per heavy atom. The van der Waals surface area contributed by atoms with Crippen LogP contribution in [-0.2, 0) is 0 Å². The van der Waals surface area contributed by atoms with Crippen molar-refractivity contribution in [2.45, 2.75) is 0 Å². The maximum atomic E-state index is 10.5. The highest BCUT2D eigenvalue weighted by Crippen LogP contribution is 2.22. The number of hydrogen-bond acceptors (Lipinski definition) is 3. The van der Waals surface area contributed by atoms with Gasteiger partial charge in [0.2, 0.25) is 0 Å². The Morgan fingerprint density at radius 3 is 3.08 bits per heavy atom. The fraction of sp³-hybridized carbons (Fsp3) is 0. The summed E-state index contributed by atoms with van der Waals surface area (Å²) in [5, 5.41) is 9.29. The largest absolute Gasteiger partial charge is 0.506 e. The van der Waals surface area contributed by atoms with Crippen LogP contribution in [0.25, 0.3) is 11.0 Å². The molecule has 0 spiro atoms. The lowest BCUT2D eigenvalue weighted by Crippen LogP contribution is -1.82. The number of phenols is 1. The summed E-state index contributed by atoms with van der Waals surface area (Å²) >= 11 is 0. The van der Waals surface area contributed by atoms with Crippen LogP contribution in [0.3, 0.4) is 0 Å². The minimum atomic E-state index is 0.105. The van der Waals surface area contributed by atoms with E-state index in [0.29, 0.717) is 22.9 Å². The normalized spacial score (nSPS) is 10.3. The Bertz CT molecular complexity index is 434. The molecule has 2 aromatic rings. The third kappa shape index (κ3) is 0.780. The van der Waals surface area contributed by atoms with Crippen LogP contribution in [0.5, 0.6) is 5.75 Å². The number of aromatic hydroxyl groups is 1. The average Bonchev–Trinajstić information content (AvgIpc) is 2.54. The molecule has 1 aromatic heterocycles. The lowest BCUT2D eigenvalue weighted by molar-refractivity contribution is 0.112. The maximum absolute atomic E-state index is 10.5. The SMILES string of the molecule is O=Cc1ccc(O)c2[nH]cnc12. The zero-order chi connectivity index (χ0) is 8.55. The fourth-order valence-electron chi connectivity index (χ4n) is 1.13. The highest BCUT2D eigenvalue weighted by Gasteiger charge is 2.05. The molecule has 2 rings (SSSR count). The zero-order valence-electron chi connectivity index (χ0n) is 6.11. The van der Waals surface area contributed by atoms with Crippen LogP contribution >= 0.6 is 0 Å². The molecule has 0 aliphatic carbocycles. The minimum absolute atomic E-state index is 0.105. The molecule has 2 N–H and O–H groups in total. The number of aldehydes is 1. The second kappa shape index (κ2) is 2.34. The molecule has 4 nitrogen and oxygen atoms in total. The van der Waals surface area contributed by atoms with Gasteiger partial charge in [0.25, 0.3) is 0 Å². The molecule has 0 fully saturated rings. The Balaban J connectivity index is 2.91. The topological polar surface area (TPSA) is 66.0 Å². The molecule has 0 saturated carbocycles. The van der Waals surface area contributed by atoms with Crippen LogP contribution in [0.4, 0.5) is 0 Å². The van der Waals surface area contributed by atoms with Crippen molar-refractivity contribution in [3.8, 4) is 5.75 Å². The van der Waals surface area contributed by atoms with E-state index in [1.54, 1.807) is 0 Å². The lowest BCUT2D eigenvalue weighted by atomic mass is 10.2. The van der Waals surface area contributed by atoms with E-state index in [4.69, 9.17) is 0 Å². The number of hydrogen-bond donors (Lipinski definition) is 2. The van der Waals surface area contributed by atoms with Crippen molar-refractivity contribution in [3.63, 3.8) is 0 Å². The van der Waals surface area contributed by atoms with Gasteiger partial charge >= 0.3 is 0 Å². The van der Waals surface area contributed by atoms with E-state index in [2.05, 4.69) is 9.97 Å². The van der Waals surface area contributed by atoms with Gasteiger partial charge in [0, 0.05) is 5.56 Å². The van der Waals surface area contributed by atoms with E-state index in [0.717, 1.165) is 0 Å². The van der Waals surface area contributed by atoms with Crippen LogP contribution in [0.15, 0.2) is 18.5 Å². The molecular weight excluding hydrogens is 156 g/mol. The average molecular weight is 162 g/mol. The van der Waals surface area contributed by atoms with Crippen LogP contribution in [-0.4, -0.2) is 21.4 Å². The summed E-state index contributed by atoms with van der Waals surface area (Å²) in [7, 11) is 0. The van der Waals surface area contributed by atoms with Gasteiger partial charge < -0.3 is 10.1 Å². The van der Waals surface area contributed by atoms with Gasteiger partial charge in [-0.25, -0.2) is 4.98 Å². The van der Waals surface area contributed by atoms with Gasteiger partial charge in [0.1, 0.15) is 16.8 Å². The number of nitrogens with one attached hydrogen (secondary N) is 1. The van der Waals surface area contributed by atoms with E-state index in [1.165, 1.54) is 18.5 Å². The quantitative estimate of drug-likeness (QED) is 0.616. The van der Waals surface area contributed by atoms with Crippen molar-refractivity contribution in [3.05, 3.63) is 24.0 Å². The fourth-order valence-corrected chi connectivity index (χ4v) is 1.13. The van der Waals surface area contributed by atoms with Gasteiger partial charge in [-0.1, -0.05) is 0 Å². The molecule has 0 amide bonds. The summed E-state index contributed by atoms with van der Waals surface area (Å²) in [4.78, 5) is 17.1. The molecule has 0 aliphatic heterocycles. The highest BCUT2D eigenvalue weighted by molar-refractivity contribution is 5.96. The number of phenolic OH excluding ortho intramolecular Hbond substituents is 1. The van der Waals surface area contributed by atoms with E-state index in [1.807, 2.05) is 0 Å². The van der Waals surface area contributed by atoms with Crippen molar-refractivity contribution in [1.82, 2.24) is 9.97 Å². The Morgan fingerprint density at radius 1 is 1.50 bits per heavy atom. The van der Waals surface area contributed by atoms with E-state index in [-0.39, 0.29) is 5.75 Å². The second-order valence-electron chi connectivity index (χ2n) is 2.42. The van der Waals surface area contributed by atoms with Crippen molar-refractivity contribution in [2.24, 2.45) is 0 Å². The molecule has 1 heterocycles. The van der Waals surface area contributed by atoms with E-state index in [9.17, 15) is 9.90 Å². The molecular formula is C8H6N2O2. The molecule has 0 atom stereocenters. The van der Waals surface area contributed by atoms with Crippen LogP contribution in [0.2, 0.25) is 0 Å². The van der Waals surface area contributed by atoms with Crippen molar-refractivity contribution >= 4 is 17.3 Å². The smallest absolute Gasteiger partial charge is 0.152 e. The first-order valence-electron chi connectivity index (χ1n) is 3.43. The molecule has 0 saturated heterocycles. The van der Waals surface area contributed by atoms with Gasteiger partial charge in [0.05, 0.1) is 6.33 Å². The third-order valence-corrected chi connectivity index (χ3v) is 1.72. The summed E-state index contributed by atoms with van der Waals surface area (Å²) in [6.45, 7) is 0. The molecule has 1 aromatic carbocycles. The zero-order valence-corrected chi connectivity index (χ0v) is 6.11. The number of rotatable bonds is 1. The van der Waals surface area contributed by atoms with Gasteiger partial charge in [0.15, 0.2) is 6.29 Å². The number of imidazole rings is 1. The molecule has 0 radical (unpaired) electrons. The molecule has 0 aliphatic rings. The number of carbonyl (C=O) groups is 1. The summed E-state index contributed by atoms with van der Waals surface area (Å²) in [5.41, 5.74) is 1.48. The van der Waals surface area contributed by atoms with Gasteiger partial charge in [-0.15, -0.1) is 0 Å². The van der Waals surface area contributed by atoms with E-state index >= 15 is 0 Å². The number of fused-ring (bicyclic) bond motifs is 1. The Kier molecular flexibility index (Phi) is 1.33. The van der Waals surface area contributed by atoms with Gasteiger partial charge in [-0.3, -0.25) is 4.79 Å². The van der Waals surface area contributed by atoms with Crippen LogP contribution in [0.1, 0.15) is 10.4 Å². The number of benzene rings is 1. The summed E-state index contributed by atoms with van der Waals surface area (Å²) < 4.78 is 0. The first-order valence-corrected chi connectivity index (χ1v) is 3.43. The van der Waals surface area contributed by atoms with E-state index < -0.39 is 0 Å². The summed E-state index contributed by atoms with van der Waals surface area (Å²) in [6, 6.07) is 3.00. The first kappa shape index (κ1) is 6.84. The maximum Gasteiger partial charge on any atom is 0.152 e. The third-order valence-electron chi connectivity index (χ3n) is 1.72. The van der Waals surface area contributed by atoms with Crippen molar-refractivity contribution in [2.75, 3.05) is 0 Å². The van der Waals surface area contributed by atoms with Crippen molar-refractivity contribution < 1.29 is 9.90 Å². The molecule has 0 bridgehead atoms. The predicted molar refractivity (Wildman–Crippen MR) is 43.1 cm³/mol. The Hall–Kier alpha value is -1.84. The van der Waals surface area contributed by atoms with Gasteiger partial charge in [-0.05, 0) is 12.1 Å². The van der Waals surface area contributed by atoms with Crippen LogP contribution < -0.4 is 0 Å². The number of H-pyrrole nitrogens is 1. The summed E-state index contributed by atoms with van der Waals surface area (Å²) in [5.74, 6) is 0.105. The summed E-state index contributed by atoms with van der Waals surface area (Å²) in [6.07, 6.45) is 2.15. The standard InChI is InChI=1S/C8H6N2O2/c11-3-5-1-2-6(12)8-7(5)9-4-10-8/h1-4,12H,(H,9,10). The number of carbonyl (C=O) groups excluding carboxylic acids is 1. The number of aromatic nitrogens is 2. The molecule has 0 unspecified atom stereocenters. The number of nitrogens with zero attached hydrogens (tertiary/aromatic N) is 1.